The first-order valence-corrected chi connectivity index (χ1v) is 7.91. The van der Waals surface area contributed by atoms with Gasteiger partial charge in [-0.05, 0) is 31.5 Å². The van der Waals surface area contributed by atoms with E-state index < -0.39 is 10.0 Å². The number of nitrogens with one attached hydrogen (secondary N) is 2. The molecule has 0 saturated heterocycles. The number of hydrogen-bond acceptors (Lipinski definition) is 4. The predicted octanol–water partition coefficient (Wildman–Crippen LogP) is 1.37. The number of aromatic amines is 1. The monoisotopic (exact) mass is 297 g/mol. The third kappa shape index (κ3) is 3.72. The van der Waals surface area contributed by atoms with Crippen molar-refractivity contribution in [3.8, 4) is 0 Å². The van der Waals surface area contributed by atoms with Crippen LogP contribution in [0.1, 0.15) is 24.8 Å². The molecule has 0 aromatic carbocycles. The van der Waals surface area contributed by atoms with Gasteiger partial charge in [0, 0.05) is 30.9 Å². The van der Waals surface area contributed by atoms with Crippen LogP contribution in [0.25, 0.3) is 0 Å². The molecule has 7 heteroatoms. The van der Waals surface area contributed by atoms with E-state index in [4.69, 9.17) is 10.2 Å². The highest BCUT2D eigenvalue weighted by molar-refractivity contribution is 7.89. The molecule has 110 valence electrons. The Morgan fingerprint density at radius 1 is 1.50 bits per heavy atom. The SMILES string of the molecule is CC(CCc1ccco1)NS(=O)(=O)c1c[nH]c(CN)c1. The Morgan fingerprint density at radius 2 is 2.30 bits per heavy atom. The van der Waals surface area contributed by atoms with E-state index in [1.165, 1.54) is 6.20 Å². The molecule has 2 aromatic heterocycles. The van der Waals surface area contributed by atoms with Crippen molar-refractivity contribution >= 4 is 10.0 Å². The Kier molecular flexibility index (Phi) is 4.64. The number of hydrogen-bond donors (Lipinski definition) is 3. The molecule has 2 heterocycles. The highest BCUT2D eigenvalue weighted by Gasteiger charge is 2.18. The van der Waals surface area contributed by atoms with Gasteiger partial charge in [-0.1, -0.05) is 0 Å². The van der Waals surface area contributed by atoms with Crippen molar-refractivity contribution in [3.63, 3.8) is 0 Å². The number of H-pyrrole nitrogens is 1. The highest BCUT2D eigenvalue weighted by atomic mass is 32.2. The lowest BCUT2D eigenvalue weighted by molar-refractivity contribution is 0.480. The van der Waals surface area contributed by atoms with Crippen LogP contribution < -0.4 is 10.5 Å². The standard InChI is InChI=1S/C13H19N3O3S/c1-10(4-5-12-3-2-6-19-12)16-20(17,18)13-7-11(8-14)15-9-13/h2-3,6-7,9-10,15-16H,4-5,8,14H2,1H3. The molecule has 0 fully saturated rings. The summed E-state index contributed by atoms with van der Waals surface area (Å²) in [5.74, 6) is 0.850. The first-order chi connectivity index (χ1) is 9.51. The summed E-state index contributed by atoms with van der Waals surface area (Å²) < 4.78 is 32.1. The Balaban J connectivity index is 1.93. The lowest BCUT2D eigenvalue weighted by Gasteiger charge is -2.12. The number of sulfonamides is 1. The van der Waals surface area contributed by atoms with Crippen LogP contribution in [-0.2, 0) is 23.0 Å². The van der Waals surface area contributed by atoms with E-state index in [1.54, 1.807) is 12.3 Å². The van der Waals surface area contributed by atoms with Crippen molar-refractivity contribution in [1.29, 1.82) is 0 Å². The summed E-state index contributed by atoms with van der Waals surface area (Å²) in [6.45, 7) is 2.11. The number of aromatic nitrogens is 1. The fraction of sp³-hybridized carbons (Fsp3) is 0.385. The maximum atomic E-state index is 12.1. The van der Waals surface area contributed by atoms with Crippen LogP contribution in [0.3, 0.4) is 0 Å². The summed E-state index contributed by atoms with van der Waals surface area (Å²) in [7, 11) is -3.51. The van der Waals surface area contributed by atoms with Crippen molar-refractivity contribution < 1.29 is 12.8 Å². The van der Waals surface area contributed by atoms with Crippen LogP contribution in [0, 0.1) is 0 Å². The molecule has 0 spiro atoms. The fourth-order valence-electron chi connectivity index (χ4n) is 1.90. The molecule has 2 aromatic rings. The Hall–Kier alpha value is -1.57. The molecule has 1 unspecified atom stereocenters. The van der Waals surface area contributed by atoms with Crippen molar-refractivity contribution in [3.05, 3.63) is 42.1 Å². The maximum absolute atomic E-state index is 12.1. The van der Waals surface area contributed by atoms with Gasteiger partial charge in [0.2, 0.25) is 10.0 Å². The molecule has 2 rings (SSSR count). The Morgan fingerprint density at radius 3 is 2.90 bits per heavy atom. The van der Waals surface area contributed by atoms with Crippen LogP contribution >= 0.6 is 0 Å². The Labute approximate surface area is 118 Å². The van der Waals surface area contributed by atoms with Crippen LogP contribution in [0.4, 0.5) is 0 Å². The molecule has 4 N–H and O–H groups in total. The van der Waals surface area contributed by atoms with Gasteiger partial charge in [-0.25, -0.2) is 13.1 Å². The topological polar surface area (TPSA) is 101 Å². The van der Waals surface area contributed by atoms with Crippen molar-refractivity contribution in [2.75, 3.05) is 0 Å². The molecule has 20 heavy (non-hydrogen) atoms. The molecular formula is C13H19N3O3S. The van der Waals surface area contributed by atoms with Gasteiger partial charge in [0.1, 0.15) is 5.76 Å². The predicted molar refractivity (Wildman–Crippen MR) is 75.5 cm³/mol. The summed E-state index contributed by atoms with van der Waals surface area (Å²) in [6.07, 6.45) is 4.42. The molecule has 0 radical (unpaired) electrons. The van der Waals surface area contributed by atoms with Gasteiger partial charge in [0.05, 0.1) is 11.2 Å². The number of nitrogens with two attached hydrogens (primary N) is 1. The third-order valence-corrected chi connectivity index (χ3v) is 4.58. The quantitative estimate of drug-likeness (QED) is 0.718. The zero-order valence-electron chi connectivity index (χ0n) is 11.3. The van der Waals surface area contributed by atoms with Gasteiger partial charge >= 0.3 is 0 Å². The largest absolute Gasteiger partial charge is 0.469 e. The summed E-state index contributed by atoms with van der Waals surface area (Å²) in [4.78, 5) is 3.04. The molecule has 6 nitrogen and oxygen atoms in total. The summed E-state index contributed by atoms with van der Waals surface area (Å²) >= 11 is 0. The number of aryl methyl sites for hydroxylation is 1. The molecule has 0 aliphatic heterocycles. The molecule has 0 bridgehead atoms. The van der Waals surface area contributed by atoms with Gasteiger partial charge in [-0.2, -0.15) is 0 Å². The normalized spacial score (nSPS) is 13.5. The smallest absolute Gasteiger partial charge is 0.242 e. The van der Waals surface area contributed by atoms with Crippen molar-refractivity contribution in [2.45, 2.75) is 37.2 Å². The number of furan rings is 1. The highest BCUT2D eigenvalue weighted by Crippen LogP contribution is 2.12. The minimum absolute atomic E-state index is 0.179. The maximum Gasteiger partial charge on any atom is 0.242 e. The fourth-order valence-corrected chi connectivity index (χ4v) is 3.19. The van der Waals surface area contributed by atoms with Crippen LogP contribution in [0.2, 0.25) is 0 Å². The van der Waals surface area contributed by atoms with E-state index in [0.717, 1.165) is 5.76 Å². The summed E-state index contributed by atoms with van der Waals surface area (Å²) in [5, 5.41) is 0. The minimum atomic E-state index is -3.51. The second kappa shape index (κ2) is 6.25. The minimum Gasteiger partial charge on any atom is -0.469 e. The second-order valence-electron chi connectivity index (χ2n) is 4.71. The zero-order valence-corrected chi connectivity index (χ0v) is 12.1. The Bertz CT molecular complexity index is 632. The van der Waals surface area contributed by atoms with Gasteiger partial charge in [0.25, 0.3) is 0 Å². The summed E-state index contributed by atoms with van der Waals surface area (Å²) in [6, 6.07) is 5.06. The van der Waals surface area contributed by atoms with Gasteiger partial charge < -0.3 is 15.1 Å². The van der Waals surface area contributed by atoms with E-state index in [9.17, 15) is 8.42 Å². The van der Waals surface area contributed by atoms with Crippen LogP contribution in [0.5, 0.6) is 0 Å². The first-order valence-electron chi connectivity index (χ1n) is 6.43. The van der Waals surface area contributed by atoms with Crippen molar-refractivity contribution in [1.82, 2.24) is 9.71 Å². The van der Waals surface area contributed by atoms with Gasteiger partial charge in [-0.3, -0.25) is 0 Å². The molecule has 0 aliphatic rings. The summed E-state index contributed by atoms with van der Waals surface area (Å²) in [5.41, 5.74) is 6.14. The van der Waals surface area contributed by atoms with Crippen molar-refractivity contribution in [2.24, 2.45) is 5.73 Å². The van der Waals surface area contributed by atoms with Crippen LogP contribution in [-0.4, -0.2) is 19.4 Å². The average molecular weight is 297 g/mol. The average Bonchev–Trinajstić information content (AvgIpc) is 3.07. The number of rotatable bonds is 7. The third-order valence-electron chi connectivity index (χ3n) is 3.01. The lowest BCUT2D eigenvalue weighted by Crippen LogP contribution is -2.32. The molecule has 0 aliphatic carbocycles. The van der Waals surface area contributed by atoms with E-state index in [-0.39, 0.29) is 17.5 Å². The van der Waals surface area contributed by atoms with Crippen LogP contribution in [0.15, 0.2) is 40.0 Å². The first kappa shape index (κ1) is 14.8. The van der Waals surface area contributed by atoms with Gasteiger partial charge in [0.15, 0.2) is 0 Å². The van der Waals surface area contributed by atoms with E-state index in [1.807, 2.05) is 19.1 Å². The van der Waals surface area contributed by atoms with E-state index in [2.05, 4.69) is 9.71 Å². The molecule has 1 atom stereocenters. The lowest BCUT2D eigenvalue weighted by atomic mass is 10.2. The molecule has 0 saturated carbocycles. The second-order valence-corrected chi connectivity index (χ2v) is 6.42. The van der Waals surface area contributed by atoms with E-state index >= 15 is 0 Å². The molecular weight excluding hydrogens is 278 g/mol. The van der Waals surface area contributed by atoms with Gasteiger partial charge in [-0.15, -0.1) is 0 Å². The van der Waals surface area contributed by atoms with E-state index in [0.29, 0.717) is 18.5 Å². The molecule has 0 amide bonds. The zero-order chi connectivity index (χ0) is 14.6.